The van der Waals surface area contributed by atoms with Gasteiger partial charge in [0.15, 0.2) is 5.69 Å². The number of carbonyl (C=O) groups excluding carboxylic acids is 2. The molecule has 1 saturated heterocycles. The molecule has 0 radical (unpaired) electrons. The molecule has 1 N–H and O–H groups in total. The van der Waals surface area contributed by atoms with E-state index in [4.69, 9.17) is 9.26 Å². The Kier molecular flexibility index (Phi) is 5.25. The molecule has 0 bridgehead atoms. The van der Waals surface area contributed by atoms with E-state index in [1.54, 1.807) is 11.0 Å². The molecule has 1 atom stereocenters. The van der Waals surface area contributed by atoms with Crippen LogP contribution in [0, 0.1) is 5.92 Å². The van der Waals surface area contributed by atoms with Crippen molar-refractivity contribution in [1.29, 1.82) is 0 Å². The summed E-state index contributed by atoms with van der Waals surface area (Å²) >= 11 is 0. The zero-order valence-corrected chi connectivity index (χ0v) is 16.1. The Hall–Kier alpha value is -2.05. The zero-order valence-electron chi connectivity index (χ0n) is 16.1. The van der Waals surface area contributed by atoms with Crippen LogP contribution in [-0.2, 0) is 4.74 Å². The van der Waals surface area contributed by atoms with Gasteiger partial charge in [0, 0.05) is 31.1 Å². The fraction of sp³-hybridized carbons (Fsp3) is 0.737. The first kappa shape index (κ1) is 18.7. The van der Waals surface area contributed by atoms with E-state index in [-0.39, 0.29) is 18.0 Å². The summed E-state index contributed by atoms with van der Waals surface area (Å²) < 4.78 is 10.7. The van der Waals surface area contributed by atoms with Crippen molar-refractivity contribution >= 4 is 12.0 Å². The highest BCUT2D eigenvalue weighted by Crippen LogP contribution is 2.40. The number of aromatic nitrogens is 1. The third-order valence-electron chi connectivity index (χ3n) is 5.00. The van der Waals surface area contributed by atoms with Gasteiger partial charge in [0.25, 0.3) is 5.91 Å². The molecule has 144 valence electrons. The molecule has 1 unspecified atom stereocenters. The molecule has 1 aliphatic carbocycles. The Morgan fingerprint density at radius 1 is 1.27 bits per heavy atom. The molecule has 0 aromatic carbocycles. The average molecular weight is 363 g/mol. The van der Waals surface area contributed by atoms with E-state index in [9.17, 15) is 9.59 Å². The first-order valence-electron chi connectivity index (χ1n) is 9.48. The summed E-state index contributed by atoms with van der Waals surface area (Å²) in [5.41, 5.74) is -0.128. The lowest BCUT2D eigenvalue weighted by Crippen LogP contribution is -2.46. The molecule has 7 nitrogen and oxygen atoms in total. The Morgan fingerprint density at radius 3 is 2.50 bits per heavy atom. The molecular formula is C19H29N3O4. The number of likely N-dealkylation sites (tertiary alicyclic amines) is 1. The van der Waals surface area contributed by atoms with Crippen LogP contribution in [0.4, 0.5) is 4.79 Å². The second kappa shape index (κ2) is 7.29. The number of piperidine rings is 1. The molecule has 2 fully saturated rings. The lowest BCUT2D eigenvalue weighted by molar-refractivity contribution is 0.0170. The number of rotatable bonds is 4. The van der Waals surface area contributed by atoms with Gasteiger partial charge in [-0.2, -0.15) is 0 Å². The van der Waals surface area contributed by atoms with E-state index in [1.807, 2.05) is 27.7 Å². The molecule has 2 amide bonds. The molecule has 1 aromatic rings. The van der Waals surface area contributed by atoms with Gasteiger partial charge in [0.1, 0.15) is 11.4 Å². The normalized spacial score (nSPS) is 19.9. The minimum atomic E-state index is -0.480. The van der Waals surface area contributed by atoms with Crippen molar-refractivity contribution < 1.29 is 18.8 Å². The van der Waals surface area contributed by atoms with Crippen molar-refractivity contribution in [3.8, 4) is 0 Å². The van der Waals surface area contributed by atoms with E-state index >= 15 is 0 Å². The van der Waals surface area contributed by atoms with Gasteiger partial charge < -0.3 is 19.5 Å². The highest BCUT2D eigenvalue weighted by atomic mass is 16.6. The lowest BCUT2D eigenvalue weighted by atomic mass is 9.90. The van der Waals surface area contributed by atoms with E-state index < -0.39 is 5.60 Å². The Morgan fingerprint density at radius 2 is 1.92 bits per heavy atom. The number of hydrogen-bond acceptors (Lipinski definition) is 5. The van der Waals surface area contributed by atoms with Crippen LogP contribution < -0.4 is 5.32 Å². The van der Waals surface area contributed by atoms with Crippen molar-refractivity contribution in [1.82, 2.24) is 15.4 Å². The maximum absolute atomic E-state index is 12.4. The smallest absolute Gasteiger partial charge is 0.410 e. The summed E-state index contributed by atoms with van der Waals surface area (Å²) in [6, 6.07) is 1.77. The molecule has 0 spiro atoms. The summed E-state index contributed by atoms with van der Waals surface area (Å²) in [5.74, 6) is 1.39. The SMILES string of the molecule is CC(NC(=O)c1cc(C2CC2)on1)C1CCN(C(=O)OC(C)(C)C)CC1. The zero-order chi connectivity index (χ0) is 18.9. The van der Waals surface area contributed by atoms with Crippen molar-refractivity contribution in [2.24, 2.45) is 5.92 Å². The predicted molar refractivity (Wildman–Crippen MR) is 95.9 cm³/mol. The highest BCUT2D eigenvalue weighted by molar-refractivity contribution is 5.92. The summed E-state index contributed by atoms with van der Waals surface area (Å²) in [4.78, 5) is 26.2. The molecule has 26 heavy (non-hydrogen) atoms. The van der Waals surface area contributed by atoms with Gasteiger partial charge in [-0.25, -0.2) is 4.79 Å². The highest BCUT2D eigenvalue weighted by Gasteiger charge is 2.31. The summed E-state index contributed by atoms with van der Waals surface area (Å²) in [5, 5.41) is 6.91. The first-order valence-corrected chi connectivity index (χ1v) is 9.48. The van der Waals surface area contributed by atoms with Crippen LogP contribution in [0.15, 0.2) is 10.6 Å². The molecule has 1 saturated carbocycles. The third kappa shape index (κ3) is 4.77. The van der Waals surface area contributed by atoms with Gasteiger partial charge >= 0.3 is 6.09 Å². The van der Waals surface area contributed by atoms with Crippen molar-refractivity contribution in [3.63, 3.8) is 0 Å². The van der Waals surface area contributed by atoms with Crippen molar-refractivity contribution in [3.05, 3.63) is 17.5 Å². The standard InChI is InChI=1S/C19H29N3O4/c1-12(20-17(23)15-11-16(26-21-15)14-5-6-14)13-7-9-22(10-8-13)18(24)25-19(2,3)4/h11-14H,5-10H2,1-4H3,(H,20,23). The number of nitrogens with one attached hydrogen (secondary N) is 1. The average Bonchev–Trinajstić information content (AvgIpc) is 3.30. The van der Waals surface area contributed by atoms with Gasteiger partial charge in [-0.05, 0) is 59.3 Å². The van der Waals surface area contributed by atoms with Crippen molar-refractivity contribution in [2.75, 3.05) is 13.1 Å². The summed E-state index contributed by atoms with van der Waals surface area (Å²) in [6.45, 7) is 8.91. The molecule has 1 aliphatic heterocycles. The number of ether oxygens (including phenoxy) is 1. The molecule has 1 aromatic heterocycles. The van der Waals surface area contributed by atoms with Gasteiger partial charge in [-0.1, -0.05) is 5.16 Å². The molecular weight excluding hydrogens is 334 g/mol. The van der Waals surface area contributed by atoms with Gasteiger partial charge in [0.05, 0.1) is 0 Å². The van der Waals surface area contributed by atoms with Crippen LogP contribution in [-0.4, -0.2) is 46.8 Å². The molecule has 7 heteroatoms. The van der Waals surface area contributed by atoms with E-state index in [0.717, 1.165) is 31.4 Å². The quantitative estimate of drug-likeness (QED) is 0.887. The van der Waals surface area contributed by atoms with Gasteiger partial charge in [-0.3, -0.25) is 4.79 Å². The molecule has 2 heterocycles. The number of amides is 2. The van der Waals surface area contributed by atoms with Gasteiger partial charge in [-0.15, -0.1) is 0 Å². The fourth-order valence-corrected chi connectivity index (χ4v) is 3.26. The topological polar surface area (TPSA) is 84.7 Å². The lowest BCUT2D eigenvalue weighted by Gasteiger charge is -2.35. The van der Waals surface area contributed by atoms with Crippen LogP contribution in [0.25, 0.3) is 0 Å². The summed E-state index contributed by atoms with van der Waals surface area (Å²) in [7, 11) is 0. The van der Waals surface area contributed by atoms with Crippen LogP contribution in [0.5, 0.6) is 0 Å². The minimum Gasteiger partial charge on any atom is -0.444 e. The predicted octanol–water partition coefficient (Wildman–Crippen LogP) is 3.32. The van der Waals surface area contributed by atoms with E-state index in [0.29, 0.717) is 30.6 Å². The maximum atomic E-state index is 12.4. The van der Waals surface area contributed by atoms with Crippen LogP contribution in [0.3, 0.4) is 0 Å². The van der Waals surface area contributed by atoms with Crippen molar-refractivity contribution in [2.45, 2.75) is 70.9 Å². The second-order valence-corrected chi connectivity index (χ2v) is 8.46. The number of nitrogens with zero attached hydrogens (tertiary/aromatic N) is 2. The Balaban J connectivity index is 1.46. The Bertz CT molecular complexity index is 652. The maximum Gasteiger partial charge on any atom is 0.410 e. The first-order chi connectivity index (χ1) is 12.2. The summed E-state index contributed by atoms with van der Waals surface area (Å²) in [6.07, 6.45) is 3.65. The minimum absolute atomic E-state index is 0.0179. The van der Waals surface area contributed by atoms with Gasteiger partial charge in [0.2, 0.25) is 0 Å². The fourth-order valence-electron chi connectivity index (χ4n) is 3.26. The molecule has 2 aliphatic rings. The number of hydrogen-bond donors (Lipinski definition) is 1. The third-order valence-corrected chi connectivity index (χ3v) is 5.00. The van der Waals surface area contributed by atoms with Crippen LogP contribution in [0.2, 0.25) is 0 Å². The number of carbonyl (C=O) groups is 2. The van der Waals surface area contributed by atoms with Crippen LogP contribution in [0.1, 0.15) is 75.5 Å². The second-order valence-electron chi connectivity index (χ2n) is 8.46. The van der Waals surface area contributed by atoms with E-state index in [2.05, 4.69) is 10.5 Å². The largest absolute Gasteiger partial charge is 0.444 e. The van der Waals surface area contributed by atoms with E-state index in [1.165, 1.54) is 0 Å². The monoisotopic (exact) mass is 363 g/mol. The molecule has 3 rings (SSSR count). The Labute approximate surface area is 154 Å². The van der Waals surface area contributed by atoms with Crippen LogP contribution >= 0.6 is 0 Å².